The lowest BCUT2D eigenvalue weighted by Gasteiger charge is -2.20. The van der Waals surface area contributed by atoms with Gasteiger partial charge in [0.25, 0.3) is 5.88 Å². The highest BCUT2D eigenvalue weighted by atomic mass is 32.2. The van der Waals surface area contributed by atoms with E-state index in [1.165, 1.54) is 0 Å². The molecular formula is C19H32N2O4S. The van der Waals surface area contributed by atoms with Crippen LogP contribution in [0.4, 0.5) is 0 Å². The minimum atomic E-state index is -1.28. The van der Waals surface area contributed by atoms with Crippen LogP contribution in [-0.4, -0.2) is 47.4 Å². The SMILES string of the molecule is COCCCOc1cc(C/C(=N\[S@@+]([O-])C(C)(C)C)C(C)C)cnc1OC. The average molecular weight is 385 g/mol. The van der Waals surface area contributed by atoms with Crippen LogP contribution in [0.3, 0.4) is 0 Å². The van der Waals surface area contributed by atoms with Crippen LogP contribution in [0.1, 0.15) is 46.6 Å². The van der Waals surface area contributed by atoms with Crippen LogP contribution in [0.15, 0.2) is 16.7 Å². The van der Waals surface area contributed by atoms with E-state index < -0.39 is 11.4 Å². The smallest absolute Gasteiger partial charge is 0.256 e. The van der Waals surface area contributed by atoms with Crippen molar-refractivity contribution in [3.8, 4) is 11.6 Å². The van der Waals surface area contributed by atoms with Crippen LogP contribution in [-0.2, 0) is 22.5 Å². The molecule has 1 aromatic rings. The lowest BCUT2D eigenvalue weighted by Crippen LogP contribution is -2.28. The largest absolute Gasteiger partial charge is 0.591 e. The summed E-state index contributed by atoms with van der Waals surface area (Å²) >= 11 is -1.28. The molecule has 1 heterocycles. The van der Waals surface area contributed by atoms with Gasteiger partial charge < -0.3 is 18.8 Å². The third-order valence-corrected chi connectivity index (χ3v) is 5.04. The summed E-state index contributed by atoms with van der Waals surface area (Å²) in [6, 6.07) is 1.91. The topological polar surface area (TPSA) is 76.0 Å². The van der Waals surface area contributed by atoms with Gasteiger partial charge in [-0.3, -0.25) is 0 Å². The third kappa shape index (κ3) is 7.51. The Labute approximate surface area is 160 Å². The summed E-state index contributed by atoms with van der Waals surface area (Å²) in [7, 11) is 3.23. The van der Waals surface area contributed by atoms with Crippen molar-refractivity contribution in [1.29, 1.82) is 0 Å². The van der Waals surface area contributed by atoms with Crippen molar-refractivity contribution in [2.24, 2.45) is 10.3 Å². The number of ether oxygens (including phenoxy) is 3. The van der Waals surface area contributed by atoms with E-state index >= 15 is 0 Å². The predicted octanol–water partition coefficient (Wildman–Crippen LogP) is 3.61. The molecule has 0 aromatic carbocycles. The molecular weight excluding hydrogens is 352 g/mol. The Morgan fingerprint density at radius 2 is 1.96 bits per heavy atom. The highest BCUT2D eigenvalue weighted by Crippen LogP contribution is 2.26. The number of methoxy groups -OCH3 is 2. The van der Waals surface area contributed by atoms with Gasteiger partial charge in [0.2, 0.25) is 0 Å². The first-order chi connectivity index (χ1) is 12.2. The van der Waals surface area contributed by atoms with Gasteiger partial charge in [0.05, 0.1) is 19.4 Å². The Morgan fingerprint density at radius 1 is 1.27 bits per heavy atom. The Hall–Kier alpha value is -1.31. The van der Waals surface area contributed by atoms with Crippen molar-refractivity contribution < 1.29 is 18.8 Å². The summed E-state index contributed by atoms with van der Waals surface area (Å²) in [5.74, 6) is 1.24. The Morgan fingerprint density at radius 3 is 2.50 bits per heavy atom. The van der Waals surface area contributed by atoms with Gasteiger partial charge in [0.15, 0.2) is 5.75 Å². The molecule has 26 heavy (non-hydrogen) atoms. The molecule has 0 aliphatic carbocycles. The number of rotatable bonds is 10. The van der Waals surface area contributed by atoms with Crippen LogP contribution in [0.5, 0.6) is 11.6 Å². The lowest BCUT2D eigenvalue weighted by molar-refractivity contribution is 0.170. The second kappa shape index (κ2) is 10.7. The summed E-state index contributed by atoms with van der Waals surface area (Å²) < 4.78 is 32.6. The first kappa shape index (κ1) is 22.7. The van der Waals surface area contributed by atoms with Gasteiger partial charge in [0, 0.05) is 32.8 Å². The Balaban J connectivity index is 2.96. The first-order valence-corrected chi connectivity index (χ1v) is 9.93. The molecule has 1 aromatic heterocycles. The number of aromatic nitrogens is 1. The molecule has 0 N–H and O–H groups in total. The normalized spacial score (nSPS) is 13.8. The van der Waals surface area contributed by atoms with E-state index in [-0.39, 0.29) is 10.7 Å². The molecule has 0 radical (unpaired) electrons. The highest BCUT2D eigenvalue weighted by Gasteiger charge is 2.27. The van der Waals surface area contributed by atoms with Crippen molar-refractivity contribution >= 4 is 17.1 Å². The summed E-state index contributed by atoms with van der Waals surface area (Å²) in [6.07, 6.45) is 3.11. The lowest BCUT2D eigenvalue weighted by atomic mass is 10.0. The van der Waals surface area contributed by atoms with Crippen molar-refractivity contribution in [1.82, 2.24) is 4.98 Å². The molecule has 7 heteroatoms. The number of hydrogen-bond donors (Lipinski definition) is 0. The fourth-order valence-corrected chi connectivity index (χ4v) is 2.77. The van der Waals surface area contributed by atoms with Gasteiger partial charge in [-0.05, 0) is 38.3 Å². The minimum absolute atomic E-state index is 0.189. The minimum Gasteiger partial charge on any atom is -0.591 e. The van der Waals surface area contributed by atoms with E-state index in [1.54, 1.807) is 20.4 Å². The molecule has 0 saturated carbocycles. The van der Waals surface area contributed by atoms with E-state index in [4.69, 9.17) is 14.2 Å². The van der Waals surface area contributed by atoms with E-state index in [1.807, 2.05) is 26.8 Å². The molecule has 0 aliphatic rings. The van der Waals surface area contributed by atoms with E-state index in [9.17, 15) is 4.55 Å². The Kier molecular flexibility index (Phi) is 9.39. The monoisotopic (exact) mass is 384 g/mol. The number of nitrogens with zero attached hydrogens (tertiary/aromatic N) is 2. The van der Waals surface area contributed by atoms with Crippen LogP contribution in [0.25, 0.3) is 0 Å². The van der Waals surface area contributed by atoms with Gasteiger partial charge in [0.1, 0.15) is 16.1 Å². The van der Waals surface area contributed by atoms with Gasteiger partial charge in [-0.25, -0.2) is 4.98 Å². The van der Waals surface area contributed by atoms with Gasteiger partial charge in [-0.15, -0.1) is 0 Å². The van der Waals surface area contributed by atoms with Crippen molar-refractivity contribution in [2.75, 3.05) is 27.4 Å². The van der Waals surface area contributed by atoms with Crippen LogP contribution < -0.4 is 9.47 Å². The molecule has 6 nitrogen and oxygen atoms in total. The molecule has 0 unspecified atom stereocenters. The molecule has 0 spiro atoms. The average Bonchev–Trinajstić information content (AvgIpc) is 2.57. The Bertz CT molecular complexity index is 585. The molecule has 1 rings (SSSR count). The highest BCUT2D eigenvalue weighted by molar-refractivity contribution is 7.91. The molecule has 1 atom stereocenters. The summed E-state index contributed by atoms with van der Waals surface area (Å²) in [5.41, 5.74) is 1.83. The first-order valence-electron chi connectivity index (χ1n) is 8.83. The molecule has 0 saturated heterocycles. The second-order valence-corrected chi connectivity index (χ2v) is 9.23. The zero-order valence-electron chi connectivity index (χ0n) is 17.0. The van der Waals surface area contributed by atoms with Crippen LogP contribution >= 0.6 is 0 Å². The number of hydrogen-bond acceptors (Lipinski definition) is 6. The predicted molar refractivity (Wildman–Crippen MR) is 107 cm³/mol. The number of pyridine rings is 1. The van der Waals surface area contributed by atoms with E-state index in [0.29, 0.717) is 31.3 Å². The van der Waals surface area contributed by atoms with Gasteiger partial charge in [-0.2, -0.15) is 0 Å². The maximum atomic E-state index is 12.4. The molecule has 0 amide bonds. The van der Waals surface area contributed by atoms with Crippen molar-refractivity contribution in [2.45, 2.75) is 52.2 Å². The summed E-state index contributed by atoms with van der Waals surface area (Å²) in [5, 5.41) is 0. The van der Waals surface area contributed by atoms with E-state index in [2.05, 4.69) is 23.2 Å². The van der Waals surface area contributed by atoms with Crippen LogP contribution in [0, 0.1) is 5.92 Å². The van der Waals surface area contributed by atoms with Crippen molar-refractivity contribution in [3.63, 3.8) is 0 Å². The quantitative estimate of drug-likeness (QED) is 0.350. The van der Waals surface area contributed by atoms with Gasteiger partial charge in [-0.1, -0.05) is 18.2 Å². The molecule has 0 fully saturated rings. The summed E-state index contributed by atoms with van der Waals surface area (Å²) in [6.45, 7) is 11.0. The van der Waals surface area contributed by atoms with E-state index in [0.717, 1.165) is 17.7 Å². The maximum absolute atomic E-state index is 12.4. The fraction of sp³-hybridized carbons (Fsp3) is 0.684. The molecule has 0 bridgehead atoms. The third-order valence-electron chi connectivity index (χ3n) is 3.59. The zero-order chi connectivity index (χ0) is 19.7. The summed E-state index contributed by atoms with van der Waals surface area (Å²) in [4.78, 5) is 4.33. The zero-order valence-corrected chi connectivity index (χ0v) is 17.8. The van der Waals surface area contributed by atoms with Crippen molar-refractivity contribution in [3.05, 3.63) is 17.8 Å². The molecule has 148 valence electrons. The van der Waals surface area contributed by atoms with Gasteiger partial charge >= 0.3 is 0 Å². The second-order valence-electron chi connectivity index (χ2n) is 7.32. The molecule has 0 aliphatic heterocycles. The maximum Gasteiger partial charge on any atom is 0.256 e. The van der Waals surface area contributed by atoms with Crippen LogP contribution in [0.2, 0.25) is 0 Å². The fourth-order valence-electron chi connectivity index (χ4n) is 2.01. The standard InChI is InChI=1S/C19H32N2O4S/c1-14(2)16(21-26(22)19(3,4)5)11-15-12-17(18(24-7)20-13-15)25-10-8-9-23-6/h12-14H,8-11H2,1-7H3/b21-16+/t26-/m0/s1.